The second-order valence-corrected chi connectivity index (χ2v) is 8.40. The minimum Gasteiger partial charge on any atom is -0.495 e. The molecule has 0 radical (unpaired) electrons. The number of aromatic amines is 1. The van der Waals surface area contributed by atoms with E-state index in [1.165, 1.54) is 17.7 Å². The standard InChI is InChI=1S/C27H26FN3O2S/c1-3-18-10-13-23-20(14-18)15-21(26(32)29-23)17-31(16-19-8-11-22(28)12-9-19)27(34)30-24-6-4-5-7-25(24)33-2/h4-15H,3,16-17H2,1-2H3,(H,29,32)(H,30,34). The number of H-pyrrole nitrogens is 1. The van der Waals surface area contributed by atoms with Crippen molar-refractivity contribution in [3.8, 4) is 5.75 Å². The molecule has 4 aromatic rings. The Balaban J connectivity index is 1.67. The van der Waals surface area contributed by atoms with E-state index in [9.17, 15) is 9.18 Å². The lowest BCUT2D eigenvalue weighted by atomic mass is 10.1. The molecule has 7 heteroatoms. The van der Waals surface area contributed by atoms with Crippen LogP contribution in [0.4, 0.5) is 10.1 Å². The van der Waals surface area contributed by atoms with Gasteiger partial charge in [0.15, 0.2) is 5.11 Å². The van der Waals surface area contributed by atoms with Gasteiger partial charge in [-0.1, -0.05) is 37.3 Å². The van der Waals surface area contributed by atoms with Gasteiger partial charge < -0.3 is 19.9 Å². The van der Waals surface area contributed by atoms with Crippen molar-refractivity contribution in [3.63, 3.8) is 0 Å². The number of hydrogen-bond donors (Lipinski definition) is 2. The Kier molecular flexibility index (Phi) is 7.23. The van der Waals surface area contributed by atoms with Gasteiger partial charge in [-0.25, -0.2) is 4.39 Å². The molecule has 0 bridgehead atoms. The number of nitrogens with zero attached hydrogens (tertiary/aromatic N) is 1. The minimum atomic E-state index is -0.303. The van der Waals surface area contributed by atoms with Gasteiger partial charge in [-0.05, 0) is 77.6 Å². The molecule has 5 nitrogen and oxygen atoms in total. The van der Waals surface area contributed by atoms with Gasteiger partial charge in [0.2, 0.25) is 0 Å². The predicted molar refractivity (Wildman–Crippen MR) is 139 cm³/mol. The lowest BCUT2D eigenvalue weighted by Crippen LogP contribution is -2.35. The molecule has 0 aliphatic rings. The minimum absolute atomic E-state index is 0.166. The van der Waals surface area contributed by atoms with E-state index in [0.717, 1.165) is 28.6 Å². The lowest BCUT2D eigenvalue weighted by Gasteiger charge is -2.26. The maximum absolute atomic E-state index is 13.5. The number of nitrogens with one attached hydrogen (secondary N) is 2. The highest BCUT2D eigenvalue weighted by atomic mass is 32.1. The number of aromatic nitrogens is 1. The van der Waals surface area contributed by atoms with Crippen molar-refractivity contribution < 1.29 is 9.13 Å². The van der Waals surface area contributed by atoms with Crippen molar-refractivity contribution in [2.24, 2.45) is 0 Å². The van der Waals surface area contributed by atoms with Gasteiger partial charge in [-0.3, -0.25) is 4.79 Å². The van der Waals surface area contributed by atoms with E-state index in [-0.39, 0.29) is 17.9 Å². The van der Waals surface area contributed by atoms with Gasteiger partial charge in [0.05, 0.1) is 19.3 Å². The highest BCUT2D eigenvalue weighted by molar-refractivity contribution is 7.80. The Hall–Kier alpha value is -3.71. The van der Waals surface area contributed by atoms with Crippen LogP contribution < -0.4 is 15.6 Å². The van der Waals surface area contributed by atoms with Crippen molar-refractivity contribution in [1.29, 1.82) is 0 Å². The van der Waals surface area contributed by atoms with Crippen LogP contribution in [0, 0.1) is 5.82 Å². The predicted octanol–water partition coefficient (Wildman–Crippen LogP) is 5.64. The van der Waals surface area contributed by atoms with Crippen LogP contribution in [0.2, 0.25) is 0 Å². The molecule has 0 spiro atoms. The molecule has 0 aliphatic carbocycles. The molecule has 0 atom stereocenters. The maximum atomic E-state index is 13.5. The number of methoxy groups -OCH3 is 1. The largest absolute Gasteiger partial charge is 0.495 e. The van der Waals surface area contributed by atoms with Gasteiger partial charge in [-0.2, -0.15) is 0 Å². The summed E-state index contributed by atoms with van der Waals surface area (Å²) >= 11 is 5.74. The van der Waals surface area contributed by atoms with E-state index < -0.39 is 0 Å². The number of ether oxygens (including phenoxy) is 1. The summed E-state index contributed by atoms with van der Waals surface area (Å²) in [5.74, 6) is 0.352. The Morgan fingerprint density at radius 3 is 2.50 bits per heavy atom. The molecular weight excluding hydrogens is 449 g/mol. The highest BCUT2D eigenvalue weighted by Gasteiger charge is 2.16. The zero-order valence-corrected chi connectivity index (χ0v) is 19.9. The average molecular weight is 476 g/mol. The third-order valence-corrected chi connectivity index (χ3v) is 6.04. The number of halogens is 1. The van der Waals surface area contributed by atoms with Gasteiger partial charge in [-0.15, -0.1) is 0 Å². The van der Waals surface area contributed by atoms with Crippen LogP contribution >= 0.6 is 12.2 Å². The topological polar surface area (TPSA) is 57.4 Å². The van der Waals surface area contributed by atoms with E-state index in [1.807, 2.05) is 47.4 Å². The molecule has 0 aliphatic heterocycles. The van der Waals surface area contributed by atoms with Crippen LogP contribution in [-0.2, 0) is 19.5 Å². The van der Waals surface area contributed by atoms with Crippen molar-refractivity contribution in [2.75, 3.05) is 12.4 Å². The summed E-state index contributed by atoms with van der Waals surface area (Å²) in [5, 5.41) is 4.63. The summed E-state index contributed by atoms with van der Waals surface area (Å²) in [4.78, 5) is 17.7. The zero-order chi connectivity index (χ0) is 24.1. The first-order valence-corrected chi connectivity index (χ1v) is 11.5. The second kappa shape index (κ2) is 10.5. The third kappa shape index (κ3) is 5.43. The summed E-state index contributed by atoms with van der Waals surface area (Å²) in [7, 11) is 1.60. The first-order valence-electron chi connectivity index (χ1n) is 11.0. The molecule has 1 aromatic heterocycles. The fraction of sp³-hybridized carbons (Fsp3) is 0.185. The number of rotatable bonds is 7. The summed E-state index contributed by atoms with van der Waals surface area (Å²) < 4.78 is 18.9. The molecule has 0 saturated heterocycles. The first-order chi connectivity index (χ1) is 16.5. The number of anilines is 1. The normalized spacial score (nSPS) is 10.8. The van der Waals surface area contributed by atoms with Crippen molar-refractivity contribution in [2.45, 2.75) is 26.4 Å². The number of benzene rings is 3. The molecule has 174 valence electrons. The number of hydrogen-bond acceptors (Lipinski definition) is 3. The smallest absolute Gasteiger partial charge is 0.253 e. The zero-order valence-electron chi connectivity index (χ0n) is 19.1. The SMILES string of the molecule is CCc1ccc2[nH]c(=O)c(CN(Cc3ccc(F)cc3)C(=S)Nc3ccccc3OC)cc2c1. The van der Waals surface area contributed by atoms with Crippen LogP contribution in [0.1, 0.15) is 23.6 Å². The van der Waals surface area contributed by atoms with E-state index in [1.54, 1.807) is 19.2 Å². The van der Waals surface area contributed by atoms with Crippen molar-refractivity contribution in [3.05, 3.63) is 106 Å². The molecule has 0 saturated carbocycles. The summed E-state index contributed by atoms with van der Waals surface area (Å²) in [5.41, 5.74) is 4.01. The summed E-state index contributed by atoms with van der Waals surface area (Å²) in [6.45, 7) is 2.77. The molecule has 3 aromatic carbocycles. The van der Waals surface area contributed by atoms with Crippen LogP contribution in [0.15, 0.2) is 77.6 Å². The van der Waals surface area contributed by atoms with Crippen LogP contribution in [0.25, 0.3) is 10.9 Å². The number of para-hydroxylation sites is 2. The fourth-order valence-corrected chi connectivity index (χ4v) is 4.04. The Labute approximate surface area is 203 Å². The Morgan fingerprint density at radius 2 is 1.76 bits per heavy atom. The van der Waals surface area contributed by atoms with Crippen molar-refractivity contribution in [1.82, 2.24) is 9.88 Å². The molecule has 4 rings (SSSR count). The van der Waals surface area contributed by atoms with Crippen molar-refractivity contribution >= 4 is 33.9 Å². The molecule has 0 amide bonds. The molecule has 2 N–H and O–H groups in total. The van der Waals surface area contributed by atoms with Gasteiger partial charge in [0, 0.05) is 17.6 Å². The van der Waals surface area contributed by atoms with Crippen LogP contribution in [0.3, 0.4) is 0 Å². The number of thiocarbonyl (C=S) groups is 1. The molecular formula is C27H26FN3O2S. The van der Waals surface area contributed by atoms with E-state index in [4.69, 9.17) is 17.0 Å². The quantitative estimate of drug-likeness (QED) is 0.339. The molecule has 0 fully saturated rings. The molecule has 1 heterocycles. The van der Waals surface area contributed by atoms with Gasteiger partial charge >= 0.3 is 0 Å². The monoisotopic (exact) mass is 475 g/mol. The first kappa shape index (κ1) is 23.4. The average Bonchev–Trinajstić information content (AvgIpc) is 2.85. The van der Waals surface area contributed by atoms with Crippen LogP contribution in [0.5, 0.6) is 5.75 Å². The van der Waals surface area contributed by atoms with E-state index >= 15 is 0 Å². The summed E-state index contributed by atoms with van der Waals surface area (Å²) in [6.07, 6.45) is 0.911. The van der Waals surface area contributed by atoms with Crippen LogP contribution in [-0.4, -0.2) is 22.1 Å². The summed E-state index contributed by atoms with van der Waals surface area (Å²) in [6, 6.07) is 21.7. The van der Waals surface area contributed by atoms with Gasteiger partial charge in [0.1, 0.15) is 11.6 Å². The van der Waals surface area contributed by atoms with E-state index in [2.05, 4.69) is 23.3 Å². The second-order valence-electron chi connectivity index (χ2n) is 8.01. The highest BCUT2D eigenvalue weighted by Crippen LogP contribution is 2.24. The van der Waals surface area contributed by atoms with Gasteiger partial charge in [0.25, 0.3) is 5.56 Å². The number of aryl methyl sites for hydroxylation is 1. The Morgan fingerprint density at radius 1 is 1.03 bits per heavy atom. The molecule has 34 heavy (non-hydrogen) atoms. The maximum Gasteiger partial charge on any atom is 0.253 e. The molecule has 0 unspecified atom stereocenters. The third-order valence-electron chi connectivity index (χ3n) is 5.68. The fourth-order valence-electron chi connectivity index (χ4n) is 3.80. The number of fused-ring (bicyclic) bond motifs is 1. The van der Waals surface area contributed by atoms with E-state index in [0.29, 0.717) is 23.0 Å². The Bertz CT molecular complexity index is 1370. The lowest BCUT2D eigenvalue weighted by molar-refractivity contribution is 0.407. The number of pyridine rings is 1.